The Balaban J connectivity index is 4.32. The smallest absolute Gasteiger partial charge is 0.305 e. The zero-order chi connectivity index (χ0) is 36.2. The molecule has 1 atom stereocenters. The van der Waals surface area contributed by atoms with Gasteiger partial charge in [-0.05, 0) is 76.0 Å². The van der Waals surface area contributed by atoms with Gasteiger partial charge in [-0.1, -0.05) is 117 Å². The molecule has 7 heteroatoms. The summed E-state index contributed by atoms with van der Waals surface area (Å²) in [5, 5.41) is 9.77. The van der Waals surface area contributed by atoms with E-state index in [0.717, 1.165) is 83.5 Å². The monoisotopic (exact) mass is 695 g/mol. The number of unbranched alkanes of at least 4 members (excludes halogenated alkanes) is 8. The van der Waals surface area contributed by atoms with Crippen molar-refractivity contribution in [2.24, 2.45) is 17.8 Å². The molecule has 0 aliphatic carbocycles. The number of aliphatic hydroxyl groups excluding tert-OH is 1. The predicted molar refractivity (Wildman–Crippen MR) is 203 cm³/mol. The Labute approximate surface area is 302 Å². The lowest BCUT2D eigenvalue weighted by molar-refractivity contribution is -0.169. The summed E-state index contributed by atoms with van der Waals surface area (Å²) in [5.74, 6) is -0.0594. The van der Waals surface area contributed by atoms with E-state index in [1.54, 1.807) is 0 Å². The van der Waals surface area contributed by atoms with Crippen molar-refractivity contribution in [3.05, 3.63) is 24.3 Å². The van der Waals surface area contributed by atoms with Crippen molar-refractivity contribution >= 4 is 11.9 Å². The van der Waals surface area contributed by atoms with Crippen LogP contribution < -0.4 is 0 Å². The minimum atomic E-state index is -0.441. The molecule has 0 aromatic carbocycles. The van der Waals surface area contributed by atoms with Gasteiger partial charge in [0.2, 0.25) is 0 Å². The van der Waals surface area contributed by atoms with Gasteiger partial charge in [0.1, 0.15) is 0 Å². The van der Waals surface area contributed by atoms with E-state index in [9.17, 15) is 14.7 Å². The molecule has 1 N–H and O–H groups in total. The molecule has 0 amide bonds. The Morgan fingerprint density at radius 1 is 0.510 bits per heavy atom. The highest BCUT2D eigenvalue weighted by molar-refractivity contribution is 5.69. The number of allylic oxidation sites excluding steroid dienone is 4. The largest absolute Gasteiger partial charge is 0.465 e. The third-order valence-electron chi connectivity index (χ3n) is 8.96. The van der Waals surface area contributed by atoms with E-state index in [4.69, 9.17) is 18.9 Å². The lowest BCUT2D eigenvalue weighted by atomic mass is 9.99. The standard InChI is InChI=1S/C42H78O7/c1-6-11-12-13-14-15-16-17-18-19-20-21-22-23-24-29-40(44)46-35-39(32-43)36-47-41(45)30-31-42(48-33-37(25-7-2)26-8-3)49-34-38(27-9-4)28-10-5/h14-15,17-18,37-39,42-43H,6-13,16,19-36H2,1-5H3/b15-14-,18-17-. The van der Waals surface area contributed by atoms with Crippen LogP contribution in [-0.2, 0) is 28.5 Å². The predicted octanol–water partition coefficient (Wildman–Crippen LogP) is 11.1. The summed E-state index contributed by atoms with van der Waals surface area (Å²) >= 11 is 0. The number of aliphatic hydroxyl groups is 1. The Hall–Kier alpha value is -1.70. The second-order valence-corrected chi connectivity index (χ2v) is 13.9. The molecule has 0 bridgehead atoms. The maximum Gasteiger partial charge on any atom is 0.305 e. The van der Waals surface area contributed by atoms with Gasteiger partial charge in [0, 0.05) is 12.8 Å². The Morgan fingerprint density at radius 3 is 1.47 bits per heavy atom. The van der Waals surface area contributed by atoms with Crippen LogP contribution in [0.4, 0.5) is 0 Å². The first-order valence-electron chi connectivity index (χ1n) is 20.4. The summed E-state index contributed by atoms with van der Waals surface area (Å²) < 4.78 is 23.3. The summed E-state index contributed by atoms with van der Waals surface area (Å²) in [7, 11) is 0. The number of hydrogen-bond donors (Lipinski definition) is 1. The molecule has 0 aromatic rings. The lowest BCUT2D eigenvalue weighted by Crippen LogP contribution is -2.26. The fourth-order valence-corrected chi connectivity index (χ4v) is 5.99. The summed E-state index contributed by atoms with van der Waals surface area (Å²) in [4.78, 5) is 24.9. The molecule has 288 valence electrons. The fraction of sp³-hybridized carbons (Fsp3) is 0.857. The number of carbonyl (C=O) groups is 2. The van der Waals surface area contributed by atoms with Crippen molar-refractivity contribution < 1.29 is 33.6 Å². The normalized spacial score (nSPS) is 12.7. The minimum Gasteiger partial charge on any atom is -0.465 e. The molecule has 0 heterocycles. The number of rotatable bonds is 36. The van der Waals surface area contributed by atoms with Crippen LogP contribution in [0.25, 0.3) is 0 Å². The second kappa shape index (κ2) is 36.1. The first-order valence-corrected chi connectivity index (χ1v) is 20.4. The van der Waals surface area contributed by atoms with Gasteiger partial charge < -0.3 is 24.1 Å². The molecule has 0 spiro atoms. The number of hydrogen-bond acceptors (Lipinski definition) is 7. The number of ether oxygens (including phenoxy) is 4. The summed E-state index contributed by atoms with van der Waals surface area (Å²) in [5.41, 5.74) is 0. The van der Waals surface area contributed by atoms with Crippen LogP contribution in [-0.4, -0.2) is 56.4 Å². The van der Waals surface area contributed by atoms with Gasteiger partial charge in [-0.2, -0.15) is 0 Å². The molecule has 0 saturated carbocycles. The third kappa shape index (κ3) is 30.8. The fourth-order valence-electron chi connectivity index (χ4n) is 5.99. The molecule has 0 rings (SSSR count). The summed E-state index contributed by atoms with van der Waals surface area (Å²) in [6.07, 6.45) is 31.1. The highest BCUT2D eigenvalue weighted by Gasteiger charge is 2.20. The maximum atomic E-state index is 12.6. The van der Waals surface area contributed by atoms with Gasteiger partial charge in [-0.15, -0.1) is 0 Å². The van der Waals surface area contributed by atoms with Gasteiger partial charge in [-0.3, -0.25) is 9.59 Å². The third-order valence-corrected chi connectivity index (χ3v) is 8.96. The van der Waals surface area contributed by atoms with E-state index >= 15 is 0 Å². The topological polar surface area (TPSA) is 91.3 Å². The zero-order valence-corrected chi connectivity index (χ0v) is 32.6. The van der Waals surface area contributed by atoms with Crippen LogP contribution in [0.5, 0.6) is 0 Å². The lowest BCUT2D eigenvalue weighted by Gasteiger charge is -2.25. The van der Waals surface area contributed by atoms with Crippen molar-refractivity contribution in [3.8, 4) is 0 Å². The van der Waals surface area contributed by atoms with Gasteiger partial charge in [0.15, 0.2) is 6.29 Å². The van der Waals surface area contributed by atoms with E-state index in [0.29, 0.717) is 37.9 Å². The Bertz CT molecular complexity index is 764. The van der Waals surface area contributed by atoms with Gasteiger partial charge in [-0.25, -0.2) is 0 Å². The van der Waals surface area contributed by atoms with Crippen LogP contribution in [0.3, 0.4) is 0 Å². The zero-order valence-electron chi connectivity index (χ0n) is 32.6. The molecular weight excluding hydrogens is 616 g/mol. The maximum absolute atomic E-state index is 12.6. The van der Waals surface area contributed by atoms with Gasteiger partial charge >= 0.3 is 11.9 Å². The molecular formula is C42H78O7. The summed E-state index contributed by atoms with van der Waals surface area (Å²) in [6.45, 7) is 12.2. The second-order valence-electron chi connectivity index (χ2n) is 13.9. The van der Waals surface area contributed by atoms with E-state index in [-0.39, 0.29) is 38.2 Å². The molecule has 7 nitrogen and oxygen atoms in total. The molecule has 0 radical (unpaired) electrons. The van der Waals surface area contributed by atoms with Crippen LogP contribution in [0.15, 0.2) is 24.3 Å². The first-order chi connectivity index (χ1) is 23.9. The Kier molecular flexibility index (Phi) is 34.9. The Morgan fingerprint density at radius 2 is 0.980 bits per heavy atom. The molecule has 0 fully saturated rings. The van der Waals surface area contributed by atoms with Crippen molar-refractivity contribution in [2.45, 2.75) is 182 Å². The quantitative estimate of drug-likeness (QED) is 0.0302. The van der Waals surface area contributed by atoms with E-state index < -0.39 is 12.2 Å². The van der Waals surface area contributed by atoms with Crippen LogP contribution in [0.1, 0.15) is 176 Å². The highest BCUT2D eigenvalue weighted by Crippen LogP contribution is 2.20. The molecule has 49 heavy (non-hydrogen) atoms. The first kappa shape index (κ1) is 47.3. The van der Waals surface area contributed by atoms with E-state index in [2.05, 4.69) is 58.9 Å². The average Bonchev–Trinajstić information content (AvgIpc) is 3.09. The van der Waals surface area contributed by atoms with Crippen molar-refractivity contribution in [3.63, 3.8) is 0 Å². The molecule has 0 saturated heterocycles. The molecule has 1 unspecified atom stereocenters. The molecule has 0 aromatic heterocycles. The van der Waals surface area contributed by atoms with Crippen molar-refractivity contribution in [1.29, 1.82) is 0 Å². The molecule has 0 aliphatic rings. The van der Waals surface area contributed by atoms with Crippen molar-refractivity contribution in [1.82, 2.24) is 0 Å². The number of esters is 2. The van der Waals surface area contributed by atoms with Crippen LogP contribution >= 0.6 is 0 Å². The van der Waals surface area contributed by atoms with E-state index in [1.165, 1.54) is 38.5 Å². The van der Waals surface area contributed by atoms with Crippen LogP contribution in [0.2, 0.25) is 0 Å². The van der Waals surface area contributed by atoms with Crippen molar-refractivity contribution in [2.75, 3.05) is 33.0 Å². The van der Waals surface area contributed by atoms with E-state index in [1.807, 2.05) is 0 Å². The average molecular weight is 695 g/mol. The molecule has 0 aliphatic heterocycles. The minimum absolute atomic E-state index is 0.0167. The summed E-state index contributed by atoms with van der Waals surface area (Å²) in [6, 6.07) is 0. The van der Waals surface area contributed by atoms with Crippen LogP contribution in [0, 0.1) is 17.8 Å². The SMILES string of the molecule is CCCCC/C=C\C/C=C\CCCCCCCC(=O)OCC(CO)COC(=O)CCC(OCC(CCC)CCC)OCC(CCC)CCC. The van der Waals surface area contributed by atoms with Gasteiger partial charge in [0.05, 0.1) is 45.4 Å². The van der Waals surface area contributed by atoms with Gasteiger partial charge in [0.25, 0.3) is 0 Å². The number of carbonyl (C=O) groups excluding carboxylic acids is 2. The highest BCUT2D eigenvalue weighted by atomic mass is 16.7.